The Morgan fingerprint density at radius 3 is 2.41 bits per heavy atom. The molecule has 0 amide bonds. The molecule has 0 aliphatic rings. The van der Waals surface area contributed by atoms with Crippen LogP contribution in [0.4, 0.5) is 0 Å². The van der Waals surface area contributed by atoms with Gasteiger partial charge < -0.3 is 9.84 Å². The summed E-state index contributed by atoms with van der Waals surface area (Å²) in [6.45, 7) is 3.78. The molecule has 0 saturated carbocycles. The van der Waals surface area contributed by atoms with Crippen LogP contribution in [-0.2, 0) is 13.0 Å². The molecule has 0 atom stereocenters. The van der Waals surface area contributed by atoms with Gasteiger partial charge in [0, 0.05) is 5.56 Å². The van der Waals surface area contributed by atoms with Crippen LogP contribution in [0.3, 0.4) is 0 Å². The van der Waals surface area contributed by atoms with Gasteiger partial charge in [-0.25, -0.2) is 4.79 Å². The van der Waals surface area contributed by atoms with Crippen molar-refractivity contribution in [2.24, 2.45) is 0 Å². The van der Waals surface area contributed by atoms with Gasteiger partial charge in [0.15, 0.2) is 5.78 Å². The number of ketones is 1. The second-order valence-corrected chi connectivity index (χ2v) is 5.03. The van der Waals surface area contributed by atoms with Gasteiger partial charge in [0.1, 0.15) is 12.4 Å². The fraction of sp³-hybridized carbons (Fsp3) is 0.222. The first-order valence-corrected chi connectivity index (χ1v) is 7.10. The number of carbonyl (C=O) groups is 2. The number of carbonyl (C=O) groups excluding carboxylic acids is 1. The van der Waals surface area contributed by atoms with E-state index in [-0.39, 0.29) is 16.9 Å². The Balaban J connectivity index is 2.18. The molecule has 114 valence electrons. The molecular formula is C18H18O4. The molecule has 4 nitrogen and oxygen atoms in total. The van der Waals surface area contributed by atoms with Crippen LogP contribution in [0.25, 0.3) is 0 Å². The zero-order valence-corrected chi connectivity index (χ0v) is 12.6. The predicted octanol–water partition coefficient (Wildman–Crippen LogP) is 3.73. The van der Waals surface area contributed by atoms with Gasteiger partial charge in [0.2, 0.25) is 0 Å². The van der Waals surface area contributed by atoms with Crippen LogP contribution in [0, 0.1) is 0 Å². The lowest BCUT2D eigenvalue weighted by Crippen LogP contribution is -2.07. The van der Waals surface area contributed by atoms with Gasteiger partial charge in [0.25, 0.3) is 0 Å². The molecule has 2 rings (SSSR count). The normalized spacial score (nSPS) is 10.3. The summed E-state index contributed by atoms with van der Waals surface area (Å²) in [5.74, 6) is -0.979. The van der Waals surface area contributed by atoms with Crippen molar-refractivity contribution in [1.29, 1.82) is 0 Å². The van der Waals surface area contributed by atoms with Crippen LogP contribution in [0.1, 0.15) is 45.7 Å². The zero-order valence-electron chi connectivity index (χ0n) is 12.6. The number of aromatic carboxylic acids is 1. The molecule has 0 radical (unpaired) electrons. The maximum Gasteiger partial charge on any atom is 0.336 e. The second kappa shape index (κ2) is 6.89. The van der Waals surface area contributed by atoms with Gasteiger partial charge in [-0.2, -0.15) is 0 Å². The summed E-state index contributed by atoms with van der Waals surface area (Å²) in [6, 6.07) is 12.5. The van der Waals surface area contributed by atoms with Crippen LogP contribution >= 0.6 is 0 Å². The number of carboxylic acid groups (broad SMARTS) is 1. The number of benzene rings is 2. The molecule has 2 aromatic carbocycles. The molecule has 1 N–H and O–H groups in total. The molecule has 0 unspecified atom stereocenters. The van der Waals surface area contributed by atoms with Crippen molar-refractivity contribution in [2.75, 3.05) is 0 Å². The molecule has 0 heterocycles. The third-order valence-electron chi connectivity index (χ3n) is 3.41. The summed E-state index contributed by atoms with van der Waals surface area (Å²) < 4.78 is 5.64. The van der Waals surface area contributed by atoms with Gasteiger partial charge in [-0.3, -0.25) is 4.79 Å². The fourth-order valence-electron chi connectivity index (χ4n) is 2.20. The van der Waals surface area contributed by atoms with E-state index in [4.69, 9.17) is 4.74 Å². The Kier molecular flexibility index (Phi) is 4.94. The number of rotatable bonds is 6. The minimum atomic E-state index is -1.14. The van der Waals surface area contributed by atoms with Gasteiger partial charge in [-0.05, 0) is 42.7 Å². The molecule has 2 aromatic rings. The third kappa shape index (κ3) is 3.73. The summed E-state index contributed by atoms with van der Waals surface area (Å²) in [5, 5.41) is 9.18. The molecular weight excluding hydrogens is 280 g/mol. The molecule has 0 bridgehead atoms. The number of ether oxygens (including phenoxy) is 1. The number of carboxylic acids is 1. The summed E-state index contributed by atoms with van der Waals surface area (Å²) in [5.41, 5.74) is 2.39. The first-order valence-electron chi connectivity index (χ1n) is 7.10. The third-order valence-corrected chi connectivity index (χ3v) is 3.41. The van der Waals surface area contributed by atoms with Crippen molar-refractivity contribution < 1.29 is 19.4 Å². The quantitative estimate of drug-likeness (QED) is 0.825. The van der Waals surface area contributed by atoms with Gasteiger partial charge >= 0.3 is 5.97 Å². The predicted molar refractivity (Wildman–Crippen MR) is 83.6 cm³/mol. The minimum Gasteiger partial charge on any atom is -0.489 e. The second-order valence-electron chi connectivity index (χ2n) is 5.03. The van der Waals surface area contributed by atoms with E-state index in [2.05, 4.69) is 13.0 Å². The highest BCUT2D eigenvalue weighted by molar-refractivity contribution is 6.05. The molecule has 22 heavy (non-hydrogen) atoms. The Morgan fingerprint density at radius 1 is 1.05 bits per heavy atom. The first-order chi connectivity index (χ1) is 10.5. The average Bonchev–Trinajstić information content (AvgIpc) is 2.52. The van der Waals surface area contributed by atoms with E-state index >= 15 is 0 Å². The van der Waals surface area contributed by atoms with E-state index in [0.717, 1.165) is 12.0 Å². The van der Waals surface area contributed by atoms with E-state index in [0.29, 0.717) is 12.4 Å². The summed E-state index contributed by atoms with van der Waals surface area (Å²) >= 11 is 0. The Labute approximate surface area is 129 Å². The Morgan fingerprint density at radius 2 is 1.77 bits per heavy atom. The molecule has 0 spiro atoms. The van der Waals surface area contributed by atoms with Crippen LogP contribution < -0.4 is 4.74 Å². The van der Waals surface area contributed by atoms with Crippen molar-refractivity contribution in [3.63, 3.8) is 0 Å². The molecule has 0 aromatic heterocycles. The highest BCUT2D eigenvalue weighted by Crippen LogP contribution is 2.20. The topological polar surface area (TPSA) is 63.6 Å². The molecule has 0 aliphatic heterocycles. The average molecular weight is 298 g/mol. The molecule has 0 fully saturated rings. The van der Waals surface area contributed by atoms with Gasteiger partial charge in [0.05, 0.1) is 5.56 Å². The zero-order chi connectivity index (χ0) is 16.1. The van der Waals surface area contributed by atoms with Crippen molar-refractivity contribution in [2.45, 2.75) is 26.9 Å². The van der Waals surface area contributed by atoms with E-state index in [1.807, 2.05) is 18.2 Å². The van der Waals surface area contributed by atoms with E-state index in [1.54, 1.807) is 6.07 Å². The van der Waals surface area contributed by atoms with Crippen LogP contribution in [0.15, 0.2) is 42.5 Å². The lowest BCUT2D eigenvalue weighted by molar-refractivity contribution is 0.0691. The Bertz CT molecular complexity index is 704. The van der Waals surface area contributed by atoms with E-state index < -0.39 is 5.97 Å². The minimum absolute atomic E-state index is 0.0349. The number of hydrogen-bond donors (Lipinski definition) is 1. The van der Waals surface area contributed by atoms with Crippen molar-refractivity contribution in [1.82, 2.24) is 0 Å². The Hall–Kier alpha value is -2.62. The largest absolute Gasteiger partial charge is 0.489 e. The fourth-order valence-corrected chi connectivity index (χ4v) is 2.20. The van der Waals surface area contributed by atoms with Crippen molar-refractivity contribution >= 4 is 11.8 Å². The summed E-state index contributed by atoms with van der Waals surface area (Å²) in [7, 11) is 0. The number of Topliss-reactive ketones (excluding diaryl/α,β-unsaturated/α-hetero) is 1. The lowest BCUT2D eigenvalue weighted by atomic mass is 10.0. The van der Waals surface area contributed by atoms with E-state index in [9.17, 15) is 14.7 Å². The number of hydrogen-bond acceptors (Lipinski definition) is 3. The smallest absolute Gasteiger partial charge is 0.336 e. The van der Waals surface area contributed by atoms with Crippen LogP contribution in [0.5, 0.6) is 5.75 Å². The monoisotopic (exact) mass is 298 g/mol. The van der Waals surface area contributed by atoms with Crippen molar-refractivity contribution in [3.8, 4) is 5.75 Å². The molecule has 0 saturated heterocycles. The molecule has 0 aliphatic carbocycles. The van der Waals surface area contributed by atoms with Crippen LogP contribution in [-0.4, -0.2) is 16.9 Å². The SMILES string of the molecule is CCc1cccc(COc2ccc(C(C)=O)c(C(=O)O)c2)c1. The maximum absolute atomic E-state index is 11.4. The highest BCUT2D eigenvalue weighted by atomic mass is 16.5. The lowest BCUT2D eigenvalue weighted by Gasteiger charge is -2.10. The van der Waals surface area contributed by atoms with Crippen LogP contribution in [0.2, 0.25) is 0 Å². The first kappa shape index (κ1) is 15.8. The van der Waals surface area contributed by atoms with E-state index in [1.165, 1.54) is 24.6 Å². The summed E-state index contributed by atoms with van der Waals surface area (Å²) in [6.07, 6.45) is 0.949. The van der Waals surface area contributed by atoms with Gasteiger partial charge in [-0.1, -0.05) is 31.2 Å². The summed E-state index contributed by atoms with van der Waals surface area (Å²) in [4.78, 5) is 22.7. The highest BCUT2D eigenvalue weighted by Gasteiger charge is 2.14. The maximum atomic E-state index is 11.4. The van der Waals surface area contributed by atoms with Crippen molar-refractivity contribution in [3.05, 3.63) is 64.7 Å². The van der Waals surface area contributed by atoms with Gasteiger partial charge in [-0.15, -0.1) is 0 Å². The number of aryl methyl sites for hydroxylation is 1. The molecule has 4 heteroatoms. The standard InChI is InChI=1S/C18H18O4/c1-3-13-5-4-6-14(9-13)11-22-15-7-8-16(12(2)19)17(10-15)18(20)21/h4-10H,3,11H2,1-2H3,(H,20,21).